The maximum Gasteiger partial charge on any atom is 0.216 e. The van der Waals surface area contributed by atoms with Crippen molar-refractivity contribution in [1.29, 1.82) is 0 Å². The molecule has 2 N–H and O–H groups in total. The summed E-state index contributed by atoms with van der Waals surface area (Å²) in [7, 11) is -1.58. The van der Waals surface area contributed by atoms with Crippen molar-refractivity contribution in [1.82, 2.24) is 4.31 Å². The largest absolute Gasteiger partial charge is 0.377 e. The van der Waals surface area contributed by atoms with Crippen LogP contribution < -0.4 is 5.73 Å². The molecule has 0 aromatic heterocycles. The first-order chi connectivity index (χ1) is 8.50. The molecule has 0 aromatic carbocycles. The Morgan fingerprint density at radius 2 is 1.94 bits per heavy atom. The fourth-order valence-electron chi connectivity index (χ4n) is 2.93. The van der Waals surface area contributed by atoms with Crippen molar-refractivity contribution < 1.29 is 13.2 Å². The Hall–Kier alpha value is -0.170. The lowest BCUT2D eigenvalue weighted by Crippen LogP contribution is -2.51. The van der Waals surface area contributed by atoms with Gasteiger partial charge >= 0.3 is 0 Å². The monoisotopic (exact) mass is 276 g/mol. The number of nitrogens with two attached hydrogens (primary N) is 1. The molecule has 3 atom stereocenters. The normalized spacial score (nSPS) is 34.1. The summed E-state index contributed by atoms with van der Waals surface area (Å²) in [5.74, 6) is 0.104. The number of hydrogen-bond acceptors (Lipinski definition) is 4. The molecule has 6 heteroatoms. The average Bonchev–Trinajstić information content (AvgIpc) is 2.81. The standard InChI is InChI=1S/C12H24N2O3S/c1-14(12-7-3-2-6-11(12)13)18(15,16)9-10-5-4-8-17-10/h10-12H,2-9,13H2,1H3. The summed E-state index contributed by atoms with van der Waals surface area (Å²) in [6.07, 6.45) is 5.66. The highest BCUT2D eigenvalue weighted by Gasteiger charge is 2.34. The second-order valence-corrected chi connectivity index (χ2v) is 7.52. The molecule has 106 valence electrons. The number of ether oxygens (including phenoxy) is 1. The predicted octanol–water partition coefficient (Wildman–Crippen LogP) is 0.697. The zero-order valence-corrected chi connectivity index (χ0v) is 11.9. The Labute approximate surface area is 110 Å². The lowest BCUT2D eigenvalue weighted by molar-refractivity contribution is 0.125. The molecule has 0 aromatic rings. The third kappa shape index (κ3) is 3.23. The van der Waals surface area contributed by atoms with E-state index in [-0.39, 0.29) is 23.9 Å². The topological polar surface area (TPSA) is 72.6 Å². The molecule has 3 unspecified atom stereocenters. The Kier molecular flexibility index (Phi) is 4.64. The highest BCUT2D eigenvalue weighted by atomic mass is 32.2. The van der Waals surface area contributed by atoms with Crippen molar-refractivity contribution >= 4 is 10.0 Å². The van der Waals surface area contributed by atoms with Gasteiger partial charge in [-0.15, -0.1) is 0 Å². The van der Waals surface area contributed by atoms with E-state index in [1.54, 1.807) is 7.05 Å². The van der Waals surface area contributed by atoms with Crippen LogP contribution in [0.15, 0.2) is 0 Å². The van der Waals surface area contributed by atoms with Crippen LogP contribution in [-0.4, -0.2) is 50.3 Å². The average molecular weight is 276 g/mol. The Balaban J connectivity index is 1.99. The molecule has 0 bridgehead atoms. The van der Waals surface area contributed by atoms with Crippen molar-refractivity contribution in [2.75, 3.05) is 19.4 Å². The van der Waals surface area contributed by atoms with Gasteiger partial charge in [0.15, 0.2) is 0 Å². The van der Waals surface area contributed by atoms with E-state index in [9.17, 15) is 8.42 Å². The molecule has 0 spiro atoms. The molecule has 1 aliphatic carbocycles. The van der Waals surface area contributed by atoms with Gasteiger partial charge in [-0.3, -0.25) is 0 Å². The lowest BCUT2D eigenvalue weighted by Gasteiger charge is -2.35. The Morgan fingerprint density at radius 3 is 2.56 bits per heavy atom. The van der Waals surface area contributed by atoms with Crippen LogP contribution in [-0.2, 0) is 14.8 Å². The van der Waals surface area contributed by atoms with E-state index in [0.29, 0.717) is 6.61 Å². The predicted molar refractivity (Wildman–Crippen MR) is 70.8 cm³/mol. The zero-order chi connectivity index (χ0) is 13.2. The number of nitrogens with zero attached hydrogens (tertiary/aromatic N) is 1. The number of likely N-dealkylation sites (N-methyl/N-ethyl adjacent to an activating group) is 1. The fraction of sp³-hybridized carbons (Fsp3) is 1.00. The van der Waals surface area contributed by atoms with Gasteiger partial charge in [-0.2, -0.15) is 0 Å². The quantitative estimate of drug-likeness (QED) is 0.820. The van der Waals surface area contributed by atoms with Crippen LogP contribution in [0.4, 0.5) is 0 Å². The van der Waals surface area contributed by atoms with Gasteiger partial charge < -0.3 is 10.5 Å². The van der Waals surface area contributed by atoms with Crippen molar-refractivity contribution in [3.8, 4) is 0 Å². The molecule has 18 heavy (non-hydrogen) atoms. The maximum atomic E-state index is 12.3. The highest BCUT2D eigenvalue weighted by molar-refractivity contribution is 7.89. The van der Waals surface area contributed by atoms with E-state index >= 15 is 0 Å². The molecule has 2 fully saturated rings. The van der Waals surface area contributed by atoms with Gasteiger partial charge in [0.1, 0.15) is 0 Å². The minimum Gasteiger partial charge on any atom is -0.377 e. The Morgan fingerprint density at radius 1 is 1.22 bits per heavy atom. The molecule has 2 rings (SSSR count). The van der Waals surface area contributed by atoms with Gasteiger partial charge in [0.05, 0.1) is 11.9 Å². The second-order valence-electron chi connectivity index (χ2n) is 5.45. The first-order valence-electron chi connectivity index (χ1n) is 6.83. The van der Waals surface area contributed by atoms with Gasteiger partial charge in [0.25, 0.3) is 0 Å². The third-order valence-electron chi connectivity index (χ3n) is 4.11. The Bertz CT molecular complexity index is 366. The van der Waals surface area contributed by atoms with Gasteiger partial charge in [0.2, 0.25) is 10.0 Å². The summed E-state index contributed by atoms with van der Waals surface area (Å²) in [5.41, 5.74) is 6.05. The summed E-state index contributed by atoms with van der Waals surface area (Å²) in [4.78, 5) is 0. The zero-order valence-electron chi connectivity index (χ0n) is 11.0. The summed E-state index contributed by atoms with van der Waals surface area (Å²) in [6, 6.07) is -0.0619. The molecule has 1 heterocycles. The lowest BCUT2D eigenvalue weighted by atomic mass is 9.91. The van der Waals surface area contributed by atoms with E-state index in [1.807, 2.05) is 0 Å². The number of hydrogen-bond donors (Lipinski definition) is 1. The fourth-order valence-corrected chi connectivity index (χ4v) is 4.57. The molecule has 0 amide bonds. The van der Waals surface area contributed by atoms with Crippen molar-refractivity contribution in [2.24, 2.45) is 5.73 Å². The maximum absolute atomic E-state index is 12.3. The van der Waals surface area contributed by atoms with Crippen LogP contribution in [0.1, 0.15) is 38.5 Å². The van der Waals surface area contributed by atoms with Gasteiger partial charge in [-0.05, 0) is 25.7 Å². The van der Waals surface area contributed by atoms with Crippen molar-refractivity contribution in [3.05, 3.63) is 0 Å². The van der Waals surface area contributed by atoms with Crippen LogP contribution in [0.5, 0.6) is 0 Å². The number of sulfonamides is 1. The summed E-state index contributed by atoms with van der Waals surface area (Å²) >= 11 is 0. The molecular weight excluding hydrogens is 252 g/mol. The molecule has 2 aliphatic rings. The molecular formula is C12H24N2O3S. The van der Waals surface area contributed by atoms with E-state index in [2.05, 4.69) is 0 Å². The third-order valence-corrected chi connectivity index (χ3v) is 6.05. The number of rotatable bonds is 4. The first kappa shape index (κ1) is 14.2. The van der Waals surface area contributed by atoms with Crippen LogP contribution >= 0.6 is 0 Å². The molecule has 1 saturated heterocycles. The van der Waals surface area contributed by atoms with Crippen LogP contribution in [0.25, 0.3) is 0 Å². The molecule has 1 saturated carbocycles. The smallest absolute Gasteiger partial charge is 0.216 e. The van der Waals surface area contributed by atoms with Gasteiger partial charge in [-0.1, -0.05) is 12.8 Å². The van der Waals surface area contributed by atoms with Crippen LogP contribution in [0.2, 0.25) is 0 Å². The summed E-state index contributed by atoms with van der Waals surface area (Å²) in [5, 5.41) is 0. The van der Waals surface area contributed by atoms with Crippen LogP contribution in [0.3, 0.4) is 0 Å². The molecule has 5 nitrogen and oxygen atoms in total. The van der Waals surface area contributed by atoms with Gasteiger partial charge in [0, 0.05) is 25.7 Å². The summed E-state index contributed by atoms with van der Waals surface area (Å²) in [6.45, 7) is 0.687. The highest BCUT2D eigenvalue weighted by Crippen LogP contribution is 2.24. The second kappa shape index (κ2) is 5.86. The van der Waals surface area contributed by atoms with Gasteiger partial charge in [-0.25, -0.2) is 12.7 Å². The molecule has 0 radical (unpaired) electrons. The van der Waals surface area contributed by atoms with Crippen molar-refractivity contribution in [2.45, 2.75) is 56.7 Å². The SMILES string of the molecule is CN(C1CCCCC1N)S(=O)(=O)CC1CCCO1. The van der Waals surface area contributed by atoms with E-state index in [0.717, 1.165) is 38.5 Å². The minimum absolute atomic E-state index is 0.0250. The van der Waals surface area contributed by atoms with E-state index in [4.69, 9.17) is 10.5 Å². The minimum atomic E-state index is -3.25. The van der Waals surface area contributed by atoms with Crippen LogP contribution in [0, 0.1) is 0 Å². The first-order valence-corrected chi connectivity index (χ1v) is 8.44. The van der Waals surface area contributed by atoms with E-state index < -0.39 is 10.0 Å². The molecule has 1 aliphatic heterocycles. The van der Waals surface area contributed by atoms with Crippen molar-refractivity contribution in [3.63, 3.8) is 0 Å². The van der Waals surface area contributed by atoms with E-state index in [1.165, 1.54) is 4.31 Å². The summed E-state index contributed by atoms with van der Waals surface area (Å²) < 4.78 is 31.6.